The van der Waals surface area contributed by atoms with Crippen LogP contribution in [-0.2, 0) is 4.74 Å². The monoisotopic (exact) mass is 264 g/mol. The van der Waals surface area contributed by atoms with Crippen molar-refractivity contribution in [2.75, 3.05) is 44.9 Å². The van der Waals surface area contributed by atoms with Gasteiger partial charge in [0.1, 0.15) is 0 Å². The van der Waals surface area contributed by atoms with Gasteiger partial charge in [0.05, 0.1) is 12.7 Å². The summed E-state index contributed by atoms with van der Waals surface area (Å²) in [4.78, 5) is 2.41. The molecule has 1 aromatic rings. The van der Waals surface area contributed by atoms with Crippen LogP contribution >= 0.6 is 0 Å². The van der Waals surface area contributed by atoms with Gasteiger partial charge >= 0.3 is 0 Å². The van der Waals surface area contributed by atoms with Gasteiger partial charge in [-0.2, -0.15) is 0 Å². The third-order valence-corrected chi connectivity index (χ3v) is 3.58. The molecule has 2 aliphatic heterocycles. The van der Waals surface area contributed by atoms with Crippen molar-refractivity contribution in [1.29, 1.82) is 0 Å². The van der Waals surface area contributed by atoms with Crippen molar-refractivity contribution >= 4 is 5.69 Å². The molecule has 1 saturated heterocycles. The molecule has 1 unspecified atom stereocenters. The zero-order valence-corrected chi connectivity index (χ0v) is 11.2. The van der Waals surface area contributed by atoms with Crippen LogP contribution in [0.1, 0.15) is 6.92 Å². The molecule has 0 amide bonds. The van der Waals surface area contributed by atoms with Crippen LogP contribution in [0.5, 0.6) is 11.5 Å². The summed E-state index contributed by atoms with van der Waals surface area (Å²) in [6, 6.07) is 5.92. The summed E-state index contributed by atoms with van der Waals surface area (Å²) < 4.78 is 16.4. The fourth-order valence-electron chi connectivity index (χ4n) is 2.43. The van der Waals surface area contributed by atoms with Crippen LogP contribution in [0.25, 0.3) is 0 Å². The highest BCUT2D eigenvalue weighted by Gasteiger charge is 2.19. The van der Waals surface area contributed by atoms with Crippen LogP contribution < -0.4 is 14.8 Å². The number of morpholine rings is 1. The molecule has 1 aromatic carbocycles. The second-order valence-corrected chi connectivity index (χ2v) is 4.83. The SMILES string of the molecule is CCN1CCOC(CNc2ccc3c(c2)OCO3)C1. The van der Waals surface area contributed by atoms with Gasteiger partial charge in [0, 0.05) is 31.4 Å². The van der Waals surface area contributed by atoms with E-state index in [1.165, 1.54) is 0 Å². The first-order valence-corrected chi connectivity index (χ1v) is 6.82. The van der Waals surface area contributed by atoms with E-state index in [4.69, 9.17) is 14.2 Å². The van der Waals surface area contributed by atoms with Crippen LogP contribution in [0.4, 0.5) is 5.69 Å². The van der Waals surface area contributed by atoms with Crippen molar-refractivity contribution in [2.24, 2.45) is 0 Å². The third-order valence-electron chi connectivity index (χ3n) is 3.58. The standard InChI is InChI=1S/C14H20N2O3/c1-2-16-5-6-17-12(9-16)8-15-11-3-4-13-14(7-11)19-10-18-13/h3-4,7,12,15H,2,5-6,8-10H2,1H3. The molecular weight excluding hydrogens is 244 g/mol. The summed E-state index contributed by atoms with van der Waals surface area (Å²) in [7, 11) is 0. The molecule has 1 N–H and O–H groups in total. The van der Waals surface area contributed by atoms with E-state index in [-0.39, 0.29) is 6.10 Å². The van der Waals surface area contributed by atoms with Crippen molar-refractivity contribution in [3.05, 3.63) is 18.2 Å². The maximum atomic E-state index is 5.76. The van der Waals surface area contributed by atoms with E-state index >= 15 is 0 Å². The number of rotatable bonds is 4. The Labute approximate surface area is 113 Å². The molecule has 0 spiro atoms. The van der Waals surface area contributed by atoms with Gasteiger partial charge in [-0.3, -0.25) is 4.90 Å². The molecule has 1 fully saturated rings. The smallest absolute Gasteiger partial charge is 0.231 e. The number of benzene rings is 1. The van der Waals surface area contributed by atoms with Crippen LogP contribution in [0.15, 0.2) is 18.2 Å². The first kappa shape index (κ1) is 12.6. The summed E-state index contributed by atoms with van der Waals surface area (Å²) in [6.07, 6.45) is 0.249. The van der Waals surface area contributed by atoms with E-state index in [9.17, 15) is 0 Å². The average molecular weight is 264 g/mol. The minimum atomic E-state index is 0.249. The number of ether oxygens (including phenoxy) is 3. The van der Waals surface area contributed by atoms with Crippen LogP contribution in [0, 0.1) is 0 Å². The maximum absolute atomic E-state index is 5.76. The number of nitrogens with one attached hydrogen (secondary N) is 1. The Hall–Kier alpha value is -1.46. The van der Waals surface area contributed by atoms with Crippen molar-refractivity contribution in [3.8, 4) is 11.5 Å². The largest absolute Gasteiger partial charge is 0.454 e. The van der Waals surface area contributed by atoms with Gasteiger partial charge in [0.25, 0.3) is 0 Å². The molecule has 104 valence electrons. The zero-order chi connectivity index (χ0) is 13.1. The number of fused-ring (bicyclic) bond motifs is 1. The summed E-state index contributed by atoms with van der Waals surface area (Å²) in [5.41, 5.74) is 1.04. The third kappa shape index (κ3) is 2.93. The van der Waals surface area contributed by atoms with E-state index in [1.54, 1.807) is 0 Å². The van der Waals surface area contributed by atoms with Crippen molar-refractivity contribution in [3.63, 3.8) is 0 Å². The van der Waals surface area contributed by atoms with E-state index in [1.807, 2.05) is 18.2 Å². The number of hydrogen-bond donors (Lipinski definition) is 1. The molecule has 0 radical (unpaired) electrons. The number of hydrogen-bond acceptors (Lipinski definition) is 5. The van der Waals surface area contributed by atoms with Gasteiger partial charge in [-0.25, -0.2) is 0 Å². The lowest BCUT2D eigenvalue weighted by molar-refractivity contribution is -0.0191. The molecule has 1 atom stereocenters. The first-order chi connectivity index (χ1) is 9.35. The lowest BCUT2D eigenvalue weighted by Crippen LogP contribution is -2.45. The molecule has 0 aliphatic carbocycles. The van der Waals surface area contributed by atoms with Gasteiger partial charge in [0.15, 0.2) is 11.5 Å². The van der Waals surface area contributed by atoms with E-state index in [0.717, 1.165) is 50.0 Å². The predicted octanol–water partition coefficient (Wildman–Crippen LogP) is 1.55. The molecule has 2 heterocycles. The maximum Gasteiger partial charge on any atom is 0.231 e. The molecule has 5 heteroatoms. The first-order valence-electron chi connectivity index (χ1n) is 6.82. The van der Waals surface area contributed by atoms with Crippen LogP contribution in [-0.4, -0.2) is 50.6 Å². The lowest BCUT2D eigenvalue weighted by Gasteiger charge is -2.32. The van der Waals surface area contributed by atoms with Gasteiger partial charge < -0.3 is 19.5 Å². The highest BCUT2D eigenvalue weighted by molar-refractivity contribution is 5.55. The van der Waals surface area contributed by atoms with E-state index in [0.29, 0.717) is 6.79 Å². The minimum absolute atomic E-state index is 0.249. The Balaban J connectivity index is 1.54. The van der Waals surface area contributed by atoms with Crippen molar-refractivity contribution < 1.29 is 14.2 Å². The fourth-order valence-corrected chi connectivity index (χ4v) is 2.43. The average Bonchev–Trinajstić information content (AvgIpc) is 2.93. The summed E-state index contributed by atoms with van der Waals surface area (Å²) in [6.45, 7) is 7.26. The molecule has 19 heavy (non-hydrogen) atoms. The zero-order valence-electron chi connectivity index (χ0n) is 11.2. The predicted molar refractivity (Wildman–Crippen MR) is 72.9 cm³/mol. The molecule has 0 aromatic heterocycles. The lowest BCUT2D eigenvalue weighted by atomic mass is 10.2. The topological polar surface area (TPSA) is 43.0 Å². The number of likely N-dealkylation sites (N-methyl/N-ethyl adjacent to an activating group) is 1. The molecule has 5 nitrogen and oxygen atoms in total. The molecule has 0 bridgehead atoms. The Morgan fingerprint density at radius 3 is 3.11 bits per heavy atom. The molecular formula is C14H20N2O3. The summed E-state index contributed by atoms with van der Waals surface area (Å²) >= 11 is 0. The van der Waals surface area contributed by atoms with E-state index < -0.39 is 0 Å². The number of anilines is 1. The van der Waals surface area contributed by atoms with Gasteiger partial charge in [-0.05, 0) is 18.7 Å². The van der Waals surface area contributed by atoms with Crippen LogP contribution in [0.3, 0.4) is 0 Å². The van der Waals surface area contributed by atoms with Gasteiger partial charge in [0.2, 0.25) is 6.79 Å². The highest BCUT2D eigenvalue weighted by Crippen LogP contribution is 2.34. The Bertz CT molecular complexity index is 439. The Kier molecular flexibility index (Phi) is 3.75. The highest BCUT2D eigenvalue weighted by atomic mass is 16.7. The molecule has 3 rings (SSSR count). The quantitative estimate of drug-likeness (QED) is 0.893. The Morgan fingerprint density at radius 1 is 1.32 bits per heavy atom. The van der Waals surface area contributed by atoms with Crippen LogP contribution in [0.2, 0.25) is 0 Å². The summed E-state index contributed by atoms with van der Waals surface area (Å²) in [5, 5.41) is 3.40. The Morgan fingerprint density at radius 2 is 2.21 bits per heavy atom. The summed E-state index contributed by atoms with van der Waals surface area (Å²) in [5.74, 6) is 1.63. The van der Waals surface area contributed by atoms with Crippen molar-refractivity contribution in [2.45, 2.75) is 13.0 Å². The second kappa shape index (κ2) is 5.67. The number of nitrogens with zero attached hydrogens (tertiary/aromatic N) is 1. The van der Waals surface area contributed by atoms with E-state index in [2.05, 4.69) is 17.1 Å². The minimum Gasteiger partial charge on any atom is -0.454 e. The fraction of sp³-hybridized carbons (Fsp3) is 0.571. The van der Waals surface area contributed by atoms with Crippen molar-refractivity contribution in [1.82, 2.24) is 4.90 Å². The van der Waals surface area contributed by atoms with Gasteiger partial charge in [-0.1, -0.05) is 6.92 Å². The normalized spacial score (nSPS) is 22.5. The van der Waals surface area contributed by atoms with Gasteiger partial charge in [-0.15, -0.1) is 0 Å². The second-order valence-electron chi connectivity index (χ2n) is 4.83. The molecule has 0 saturated carbocycles. The molecule has 2 aliphatic rings.